The number of likely N-dealkylation sites (N-methyl/N-ethyl adjacent to an activating group) is 1. The van der Waals surface area contributed by atoms with Crippen molar-refractivity contribution < 1.29 is 13.2 Å². The normalized spacial score (nSPS) is 17.6. The van der Waals surface area contributed by atoms with Crippen molar-refractivity contribution >= 4 is 21.8 Å². The van der Waals surface area contributed by atoms with E-state index in [2.05, 4.69) is 12.1 Å². The molecule has 1 aliphatic heterocycles. The van der Waals surface area contributed by atoms with Crippen LogP contribution in [0, 0.1) is 6.92 Å². The lowest BCUT2D eigenvalue weighted by molar-refractivity contribution is -0.126. The molecule has 1 atom stereocenters. The van der Waals surface area contributed by atoms with E-state index in [9.17, 15) is 13.2 Å². The van der Waals surface area contributed by atoms with Crippen molar-refractivity contribution in [2.45, 2.75) is 25.9 Å². The molecule has 6 nitrogen and oxygen atoms in total. The van der Waals surface area contributed by atoms with Crippen LogP contribution in [-0.4, -0.2) is 53.6 Å². The largest absolute Gasteiger partial charge is 0.338 e. The van der Waals surface area contributed by atoms with E-state index in [4.69, 9.17) is 5.10 Å². The monoisotopic (exact) mass is 449 g/mol. The summed E-state index contributed by atoms with van der Waals surface area (Å²) >= 11 is 0. The van der Waals surface area contributed by atoms with Crippen LogP contribution in [-0.2, 0) is 21.2 Å². The minimum atomic E-state index is -3.05. The summed E-state index contributed by atoms with van der Waals surface area (Å²) in [5.41, 5.74) is 4.92. The van der Waals surface area contributed by atoms with E-state index in [0.717, 1.165) is 27.9 Å². The van der Waals surface area contributed by atoms with Gasteiger partial charge in [-0.25, -0.2) is 8.42 Å². The standard InChI is InChI=1S/C25H27N3O3S/c1-19-8-10-21(11-9-19)25-22(17-28(26-25)16-20-6-4-3-5-7-20)12-13-24(29)27(2)23-14-15-32(30,31)18-23/h3-13,17,23H,14-16,18H2,1-2H3/b13-12+. The van der Waals surface area contributed by atoms with Crippen LogP contribution in [0.5, 0.6) is 0 Å². The molecule has 2 aromatic carbocycles. The molecule has 1 aromatic heterocycles. The van der Waals surface area contributed by atoms with Crippen molar-refractivity contribution in [3.05, 3.63) is 83.6 Å². The fourth-order valence-corrected chi connectivity index (χ4v) is 5.66. The van der Waals surface area contributed by atoms with Crippen LogP contribution >= 0.6 is 0 Å². The first kappa shape index (κ1) is 22.0. The lowest BCUT2D eigenvalue weighted by atomic mass is 10.1. The molecule has 0 spiro atoms. The molecule has 0 radical (unpaired) electrons. The Morgan fingerprint density at radius 3 is 2.53 bits per heavy atom. The van der Waals surface area contributed by atoms with Gasteiger partial charge in [-0.15, -0.1) is 0 Å². The van der Waals surface area contributed by atoms with Gasteiger partial charge in [0.15, 0.2) is 9.84 Å². The number of carbonyl (C=O) groups excluding carboxylic acids is 1. The first-order chi connectivity index (χ1) is 15.3. The van der Waals surface area contributed by atoms with Crippen LogP contribution in [0.25, 0.3) is 17.3 Å². The number of amides is 1. The molecule has 3 aromatic rings. The molecule has 1 unspecified atom stereocenters. The van der Waals surface area contributed by atoms with Crippen LogP contribution in [0.1, 0.15) is 23.1 Å². The van der Waals surface area contributed by atoms with E-state index in [1.165, 1.54) is 11.0 Å². The maximum absolute atomic E-state index is 12.7. The van der Waals surface area contributed by atoms with Gasteiger partial charge in [0.2, 0.25) is 5.91 Å². The summed E-state index contributed by atoms with van der Waals surface area (Å²) in [6.07, 6.45) is 5.70. The van der Waals surface area contributed by atoms with Gasteiger partial charge < -0.3 is 4.90 Å². The lowest BCUT2D eigenvalue weighted by Crippen LogP contribution is -2.36. The summed E-state index contributed by atoms with van der Waals surface area (Å²) in [5, 5.41) is 4.79. The summed E-state index contributed by atoms with van der Waals surface area (Å²) in [6, 6.07) is 17.9. The molecule has 1 aliphatic rings. The first-order valence-electron chi connectivity index (χ1n) is 10.6. The molecule has 7 heteroatoms. The molecule has 166 valence electrons. The number of hydrogen-bond donors (Lipinski definition) is 0. The molecule has 2 heterocycles. The molecule has 32 heavy (non-hydrogen) atoms. The van der Waals surface area contributed by atoms with Gasteiger partial charge in [-0.3, -0.25) is 9.48 Å². The highest BCUT2D eigenvalue weighted by Crippen LogP contribution is 2.25. The van der Waals surface area contributed by atoms with E-state index in [1.54, 1.807) is 13.1 Å². The fraction of sp³-hybridized carbons (Fsp3) is 0.280. The Bertz CT molecular complexity index is 1230. The molecule has 1 amide bonds. The second kappa shape index (κ2) is 9.12. The summed E-state index contributed by atoms with van der Waals surface area (Å²) in [4.78, 5) is 14.3. The van der Waals surface area contributed by atoms with Crippen molar-refractivity contribution in [3.63, 3.8) is 0 Å². The Labute approximate surface area is 189 Å². The molecule has 1 saturated heterocycles. The van der Waals surface area contributed by atoms with Crippen LogP contribution < -0.4 is 0 Å². The number of rotatable bonds is 6. The molecular weight excluding hydrogens is 422 g/mol. The van der Waals surface area contributed by atoms with Gasteiger partial charge >= 0.3 is 0 Å². The maximum Gasteiger partial charge on any atom is 0.246 e. The number of sulfone groups is 1. The van der Waals surface area contributed by atoms with E-state index in [-0.39, 0.29) is 23.5 Å². The van der Waals surface area contributed by atoms with Crippen LogP contribution in [0.3, 0.4) is 0 Å². The van der Waals surface area contributed by atoms with E-state index in [0.29, 0.717) is 13.0 Å². The Hall–Kier alpha value is -3.19. The van der Waals surface area contributed by atoms with Crippen molar-refractivity contribution in [1.82, 2.24) is 14.7 Å². The minimum absolute atomic E-state index is 0.0344. The number of hydrogen-bond acceptors (Lipinski definition) is 4. The maximum atomic E-state index is 12.7. The van der Waals surface area contributed by atoms with Crippen LogP contribution in [0.15, 0.2) is 66.9 Å². The summed E-state index contributed by atoms with van der Waals surface area (Å²) in [6.45, 7) is 2.66. The van der Waals surface area contributed by atoms with Gasteiger partial charge in [-0.05, 0) is 25.0 Å². The highest BCUT2D eigenvalue weighted by atomic mass is 32.2. The second-order valence-electron chi connectivity index (χ2n) is 8.32. The Morgan fingerprint density at radius 1 is 1.16 bits per heavy atom. The van der Waals surface area contributed by atoms with E-state index < -0.39 is 9.84 Å². The number of benzene rings is 2. The highest BCUT2D eigenvalue weighted by molar-refractivity contribution is 7.91. The number of carbonyl (C=O) groups is 1. The summed E-state index contributed by atoms with van der Waals surface area (Å²) in [7, 11) is -1.38. The Morgan fingerprint density at radius 2 is 1.88 bits per heavy atom. The third-order valence-corrected chi connectivity index (χ3v) is 7.56. The molecule has 0 N–H and O–H groups in total. The third-order valence-electron chi connectivity index (χ3n) is 5.81. The highest BCUT2D eigenvalue weighted by Gasteiger charge is 2.32. The number of nitrogens with zero attached hydrogens (tertiary/aromatic N) is 3. The van der Waals surface area contributed by atoms with Crippen molar-refractivity contribution in [2.75, 3.05) is 18.6 Å². The van der Waals surface area contributed by atoms with Crippen LogP contribution in [0.4, 0.5) is 0 Å². The Kier molecular flexibility index (Phi) is 6.28. The zero-order valence-electron chi connectivity index (χ0n) is 18.3. The predicted octanol–water partition coefficient (Wildman–Crippen LogP) is 3.57. The summed E-state index contributed by atoms with van der Waals surface area (Å²) in [5.74, 6) is -0.0343. The molecule has 4 rings (SSSR count). The van der Waals surface area contributed by atoms with Gasteiger partial charge in [-0.1, -0.05) is 60.2 Å². The average Bonchev–Trinajstić information content (AvgIpc) is 3.35. The van der Waals surface area contributed by atoms with Gasteiger partial charge in [0, 0.05) is 36.5 Å². The number of aryl methyl sites for hydroxylation is 1. The van der Waals surface area contributed by atoms with Crippen molar-refractivity contribution in [2.24, 2.45) is 0 Å². The van der Waals surface area contributed by atoms with Crippen molar-refractivity contribution in [1.29, 1.82) is 0 Å². The SMILES string of the molecule is Cc1ccc(-c2nn(Cc3ccccc3)cc2/C=C/C(=O)N(C)C2CCS(=O)(=O)C2)cc1. The lowest BCUT2D eigenvalue weighted by Gasteiger charge is -2.21. The topological polar surface area (TPSA) is 72.3 Å². The predicted molar refractivity (Wildman–Crippen MR) is 127 cm³/mol. The fourth-order valence-electron chi connectivity index (χ4n) is 3.89. The first-order valence-corrected chi connectivity index (χ1v) is 12.5. The Balaban J connectivity index is 1.59. The van der Waals surface area contributed by atoms with Gasteiger partial charge in [-0.2, -0.15) is 5.10 Å². The smallest absolute Gasteiger partial charge is 0.246 e. The zero-order chi connectivity index (χ0) is 22.7. The molecule has 0 saturated carbocycles. The summed E-state index contributed by atoms with van der Waals surface area (Å²) < 4.78 is 25.4. The van der Waals surface area contributed by atoms with Gasteiger partial charge in [0.05, 0.1) is 23.7 Å². The molecule has 1 fully saturated rings. The minimum Gasteiger partial charge on any atom is -0.338 e. The van der Waals surface area contributed by atoms with Crippen molar-refractivity contribution in [3.8, 4) is 11.3 Å². The second-order valence-corrected chi connectivity index (χ2v) is 10.6. The average molecular weight is 450 g/mol. The van der Waals surface area contributed by atoms with Gasteiger partial charge in [0.25, 0.3) is 0 Å². The quantitative estimate of drug-likeness (QED) is 0.540. The third kappa shape index (κ3) is 5.16. The van der Waals surface area contributed by atoms with E-state index >= 15 is 0 Å². The number of aromatic nitrogens is 2. The van der Waals surface area contributed by atoms with E-state index in [1.807, 2.05) is 60.3 Å². The van der Waals surface area contributed by atoms with Crippen LogP contribution in [0.2, 0.25) is 0 Å². The zero-order valence-corrected chi connectivity index (χ0v) is 19.1. The molecular formula is C25H27N3O3S. The molecule has 0 bridgehead atoms. The molecule has 0 aliphatic carbocycles. The van der Waals surface area contributed by atoms with Gasteiger partial charge in [0.1, 0.15) is 0 Å².